The van der Waals surface area contributed by atoms with Gasteiger partial charge in [-0.1, -0.05) is 24.3 Å². The molecule has 3 heterocycles. The molecule has 1 aliphatic rings. The first kappa shape index (κ1) is 23.0. The Morgan fingerprint density at radius 1 is 0.946 bits per heavy atom. The van der Waals surface area contributed by atoms with Gasteiger partial charge in [0.1, 0.15) is 23.9 Å². The molecule has 5 aromatic rings. The number of nitrogens with zero attached hydrogens (tertiary/aromatic N) is 1. The molecule has 3 aromatic carbocycles. The van der Waals surface area contributed by atoms with Crippen LogP contribution in [0.25, 0.3) is 33.1 Å². The van der Waals surface area contributed by atoms with Crippen molar-refractivity contribution in [3.05, 3.63) is 105 Å². The summed E-state index contributed by atoms with van der Waals surface area (Å²) in [6.07, 6.45) is 0.709. The van der Waals surface area contributed by atoms with Crippen molar-refractivity contribution >= 4 is 21.9 Å². The van der Waals surface area contributed by atoms with Crippen LogP contribution in [0.15, 0.2) is 85.2 Å². The fourth-order valence-corrected chi connectivity index (χ4v) is 4.75. The van der Waals surface area contributed by atoms with Gasteiger partial charge >= 0.3 is 11.3 Å². The highest BCUT2D eigenvalue weighted by Gasteiger charge is 2.24. The minimum Gasteiger partial charge on any atom is -0.493 e. The van der Waals surface area contributed by atoms with Crippen molar-refractivity contribution in [3.63, 3.8) is 0 Å². The summed E-state index contributed by atoms with van der Waals surface area (Å²) in [6.45, 7) is 1.53. The first-order chi connectivity index (χ1) is 18.0. The van der Waals surface area contributed by atoms with Gasteiger partial charge in [-0.05, 0) is 48.4 Å². The van der Waals surface area contributed by atoms with Crippen molar-refractivity contribution in [2.45, 2.75) is 13.0 Å². The van der Waals surface area contributed by atoms with E-state index in [4.69, 9.17) is 18.3 Å². The van der Waals surface area contributed by atoms with Crippen LogP contribution in [0.4, 0.5) is 4.39 Å². The van der Waals surface area contributed by atoms with Crippen molar-refractivity contribution < 1.29 is 22.7 Å². The highest BCUT2D eigenvalue weighted by molar-refractivity contribution is 5.97. The van der Waals surface area contributed by atoms with Crippen LogP contribution in [0.5, 0.6) is 11.5 Å². The quantitative estimate of drug-likeness (QED) is 0.311. The minimum absolute atomic E-state index is 0.253. The fraction of sp³-hybridized carbons (Fsp3) is 0.172. The van der Waals surface area contributed by atoms with E-state index < -0.39 is 11.3 Å². The molecular weight excluding hydrogens is 477 g/mol. The van der Waals surface area contributed by atoms with Crippen LogP contribution in [0, 0.1) is 5.82 Å². The maximum absolute atomic E-state index is 13.2. The zero-order valence-electron chi connectivity index (χ0n) is 20.0. The first-order valence-electron chi connectivity index (χ1n) is 11.8. The Labute approximate surface area is 210 Å². The first-order valence-corrected chi connectivity index (χ1v) is 11.8. The molecule has 2 aromatic heterocycles. The number of rotatable bonds is 5. The third-order valence-corrected chi connectivity index (χ3v) is 6.62. The van der Waals surface area contributed by atoms with E-state index in [-0.39, 0.29) is 11.4 Å². The number of halogens is 1. The van der Waals surface area contributed by atoms with Gasteiger partial charge in [0.05, 0.1) is 18.2 Å². The predicted molar refractivity (Wildman–Crippen MR) is 137 cm³/mol. The minimum atomic E-state index is -0.584. The standard InChI is InChI=1S/C29H22FNO6/c1-34-25-4-2-3-18-13-22(29(33)37-27(18)25)21-14-26(32)36-28-20(21)9-10-24-23(28)15-31(16-35-24)12-11-17-5-7-19(30)8-6-17/h2-10,13-14H,11-12,15-16H2,1H3. The summed E-state index contributed by atoms with van der Waals surface area (Å²) in [7, 11) is 1.51. The number of ether oxygens (including phenoxy) is 2. The highest BCUT2D eigenvalue weighted by Crippen LogP contribution is 2.36. The molecule has 6 rings (SSSR count). The molecule has 0 bridgehead atoms. The number of benzene rings is 3. The zero-order valence-corrected chi connectivity index (χ0v) is 20.0. The van der Waals surface area contributed by atoms with Crippen molar-refractivity contribution in [2.75, 3.05) is 20.4 Å². The monoisotopic (exact) mass is 499 g/mol. The number of methoxy groups -OCH3 is 1. The molecular formula is C29H22FNO6. The van der Waals surface area contributed by atoms with Gasteiger partial charge < -0.3 is 18.3 Å². The largest absolute Gasteiger partial charge is 0.493 e. The van der Waals surface area contributed by atoms with Gasteiger partial charge in [0.2, 0.25) is 0 Å². The molecule has 0 atom stereocenters. The Bertz CT molecular complexity index is 1760. The summed E-state index contributed by atoms with van der Waals surface area (Å²) < 4.78 is 35.7. The molecule has 0 unspecified atom stereocenters. The SMILES string of the molecule is COc1cccc2cc(-c3cc(=O)oc4c5c(ccc34)OCN(CCc3ccc(F)cc3)C5)c(=O)oc12. The third-order valence-electron chi connectivity index (χ3n) is 6.62. The Morgan fingerprint density at radius 3 is 2.59 bits per heavy atom. The van der Waals surface area contributed by atoms with Crippen LogP contribution in [0.3, 0.4) is 0 Å². The van der Waals surface area contributed by atoms with Gasteiger partial charge in [-0.3, -0.25) is 4.90 Å². The average Bonchev–Trinajstić information content (AvgIpc) is 2.91. The molecule has 1 aliphatic heterocycles. The second-order valence-electron chi connectivity index (χ2n) is 8.93. The van der Waals surface area contributed by atoms with Gasteiger partial charge in [0.15, 0.2) is 11.3 Å². The Kier molecular flexibility index (Phi) is 5.73. The molecule has 0 amide bonds. The van der Waals surface area contributed by atoms with Crippen molar-refractivity contribution in [3.8, 4) is 22.6 Å². The smallest absolute Gasteiger partial charge is 0.344 e. The van der Waals surface area contributed by atoms with E-state index in [1.54, 1.807) is 36.4 Å². The van der Waals surface area contributed by atoms with E-state index in [0.717, 1.165) is 11.1 Å². The van der Waals surface area contributed by atoms with Gasteiger partial charge in [0, 0.05) is 35.5 Å². The molecule has 0 N–H and O–H groups in total. The van der Waals surface area contributed by atoms with Crippen molar-refractivity contribution in [1.82, 2.24) is 4.90 Å². The second kappa shape index (κ2) is 9.22. The molecule has 37 heavy (non-hydrogen) atoms. The summed E-state index contributed by atoms with van der Waals surface area (Å²) in [5.41, 5.74) is 1.97. The number of hydrogen-bond donors (Lipinski definition) is 0. The maximum Gasteiger partial charge on any atom is 0.344 e. The summed E-state index contributed by atoms with van der Waals surface area (Å²) in [5, 5.41) is 1.28. The number of hydrogen-bond acceptors (Lipinski definition) is 7. The zero-order chi connectivity index (χ0) is 25.5. The van der Waals surface area contributed by atoms with Gasteiger partial charge in [-0.2, -0.15) is 0 Å². The molecule has 0 fully saturated rings. The summed E-state index contributed by atoms with van der Waals surface area (Å²) in [5.74, 6) is 0.808. The normalized spacial score (nSPS) is 13.5. The average molecular weight is 499 g/mol. The van der Waals surface area contributed by atoms with E-state index >= 15 is 0 Å². The Morgan fingerprint density at radius 2 is 1.78 bits per heavy atom. The predicted octanol–water partition coefficient (Wildman–Crippen LogP) is 5.11. The molecule has 7 nitrogen and oxygen atoms in total. The van der Waals surface area contributed by atoms with Crippen LogP contribution in [-0.2, 0) is 13.0 Å². The van der Waals surface area contributed by atoms with Crippen LogP contribution < -0.4 is 20.7 Å². The lowest BCUT2D eigenvalue weighted by molar-refractivity contribution is 0.0968. The molecule has 0 spiro atoms. The molecule has 8 heteroatoms. The van der Waals surface area contributed by atoms with E-state index in [0.29, 0.717) is 65.2 Å². The highest BCUT2D eigenvalue weighted by atomic mass is 19.1. The molecule has 0 saturated carbocycles. The lowest BCUT2D eigenvalue weighted by atomic mass is 9.99. The molecule has 186 valence electrons. The molecule has 0 saturated heterocycles. The topological polar surface area (TPSA) is 82.1 Å². The van der Waals surface area contributed by atoms with Gasteiger partial charge in [-0.15, -0.1) is 0 Å². The Balaban J connectivity index is 1.40. The van der Waals surface area contributed by atoms with Crippen LogP contribution >= 0.6 is 0 Å². The second-order valence-corrected chi connectivity index (χ2v) is 8.93. The van der Waals surface area contributed by atoms with E-state index in [1.807, 2.05) is 12.1 Å². The lowest BCUT2D eigenvalue weighted by Gasteiger charge is -2.29. The summed E-state index contributed by atoms with van der Waals surface area (Å²) in [6, 6.07) is 18.4. The van der Waals surface area contributed by atoms with Crippen molar-refractivity contribution in [1.29, 1.82) is 0 Å². The van der Waals surface area contributed by atoms with Gasteiger partial charge in [0.25, 0.3) is 0 Å². The van der Waals surface area contributed by atoms with Gasteiger partial charge in [-0.25, -0.2) is 14.0 Å². The van der Waals surface area contributed by atoms with E-state index in [9.17, 15) is 14.0 Å². The van der Waals surface area contributed by atoms with Crippen LogP contribution in [0.1, 0.15) is 11.1 Å². The van der Waals surface area contributed by atoms with E-state index in [1.165, 1.54) is 25.3 Å². The fourth-order valence-electron chi connectivity index (χ4n) is 4.75. The Hall–Kier alpha value is -4.43. The third kappa shape index (κ3) is 4.25. The molecule has 0 aliphatic carbocycles. The molecule has 0 radical (unpaired) electrons. The van der Waals surface area contributed by atoms with Crippen molar-refractivity contribution in [2.24, 2.45) is 0 Å². The number of fused-ring (bicyclic) bond motifs is 4. The summed E-state index contributed by atoms with van der Waals surface area (Å²) in [4.78, 5) is 27.8. The van der Waals surface area contributed by atoms with Crippen LogP contribution in [-0.4, -0.2) is 25.3 Å². The maximum atomic E-state index is 13.2. The van der Waals surface area contributed by atoms with Crippen LogP contribution in [0.2, 0.25) is 0 Å². The summed E-state index contributed by atoms with van der Waals surface area (Å²) >= 11 is 0. The lowest BCUT2D eigenvalue weighted by Crippen LogP contribution is -2.33. The van der Waals surface area contributed by atoms with E-state index in [2.05, 4.69) is 4.90 Å². The number of para-hydroxylation sites is 1.